The Labute approximate surface area is 151 Å². The zero-order valence-corrected chi connectivity index (χ0v) is 15.1. The van der Waals surface area contributed by atoms with Gasteiger partial charge in [0.15, 0.2) is 0 Å². The molecule has 0 saturated carbocycles. The molecular weight excluding hydrogens is 306 g/mol. The molecule has 0 amide bonds. The van der Waals surface area contributed by atoms with Gasteiger partial charge in [-0.1, -0.05) is 67.6 Å². The van der Waals surface area contributed by atoms with Crippen LogP contribution in [0, 0.1) is 0 Å². The average molecular weight is 333 g/mol. The highest BCUT2D eigenvalue weighted by Gasteiger charge is 2.19. The van der Waals surface area contributed by atoms with Crippen LogP contribution in [0.15, 0.2) is 78.5 Å². The Kier molecular flexibility index (Phi) is 6.04. The molecule has 130 valence electrons. The van der Waals surface area contributed by atoms with Gasteiger partial charge in [0.25, 0.3) is 0 Å². The number of nitrogens with zero attached hydrogens (tertiary/aromatic N) is 1. The zero-order valence-electron chi connectivity index (χ0n) is 15.1. The van der Waals surface area contributed by atoms with E-state index in [0.717, 1.165) is 19.5 Å². The number of benzene rings is 2. The average Bonchev–Trinajstić information content (AvgIpc) is 2.69. The van der Waals surface area contributed by atoms with Crippen LogP contribution in [0.1, 0.15) is 24.9 Å². The molecule has 25 heavy (non-hydrogen) atoms. The normalized spacial score (nSPS) is 14.9. The summed E-state index contributed by atoms with van der Waals surface area (Å²) in [6.45, 7) is 4.03. The summed E-state index contributed by atoms with van der Waals surface area (Å²) in [7, 11) is 2.00. The van der Waals surface area contributed by atoms with E-state index in [2.05, 4.69) is 95.6 Å². The van der Waals surface area contributed by atoms with Crippen LogP contribution in [0.5, 0.6) is 0 Å². The van der Waals surface area contributed by atoms with E-state index in [1.807, 2.05) is 7.05 Å². The fourth-order valence-corrected chi connectivity index (χ4v) is 3.35. The number of hydrogen-bond acceptors (Lipinski definition) is 3. The minimum Gasteiger partial charge on any atom is -0.387 e. The Hall–Kier alpha value is -2.36. The predicted molar refractivity (Wildman–Crippen MR) is 106 cm³/mol. The molecule has 1 unspecified atom stereocenters. The monoisotopic (exact) mass is 333 g/mol. The van der Waals surface area contributed by atoms with Gasteiger partial charge in [0.1, 0.15) is 0 Å². The predicted octanol–water partition coefficient (Wildman–Crippen LogP) is 4.28. The van der Waals surface area contributed by atoms with Crippen LogP contribution in [0.2, 0.25) is 0 Å². The van der Waals surface area contributed by atoms with Crippen LogP contribution in [0.25, 0.3) is 11.1 Å². The Balaban J connectivity index is 1.84. The SMILES string of the molecule is CCC(c1cccc(-c2ccccc2)c1)N(CC1=CNCC=C1)NC. The zero-order chi connectivity index (χ0) is 17.5. The second kappa shape index (κ2) is 8.65. The highest BCUT2D eigenvalue weighted by Crippen LogP contribution is 2.28. The molecule has 1 aliphatic rings. The number of hydrazine groups is 1. The summed E-state index contributed by atoms with van der Waals surface area (Å²) in [5.74, 6) is 0. The lowest BCUT2D eigenvalue weighted by atomic mass is 9.97. The third-order valence-electron chi connectivity index (χ3n) is 4.64. The number of dihydropyridines is 1. The van der Waals surface area contributed by atoms with Gasteiger partial charge >= 0.3 is 0 Å². The summed E-state index contributed by atoms with van der Waals surface area (Å²) in [5, 5.41) is 5.60. The summed E-state index contributed by atoms with van der Waals surface area (Å²) < 4.78 is 0. The van der Waals surface area contributed by atoms with E-state index in [1.54, 1.807) is 0 Å². The van der Waals surface area contributed by atoms with Gasteiger partial charge in [-0.2, -0.15) is 0 Å². The van der Waals surface area contributed by atoms with E-state index in [1.165, 1.54) is 22.3 Å². The van der Waals surface area contributed by atoms with Gasteiger partial charge < -0.3 is 5.32 Å². The molecule has 0 radical (unpaired) electrons. The lowest BCUT2D eigenvalue weighted by Gasteiger charge is -2.31. The largest absolute Gasteiger partial charge is 0.387 e. The van der Waals surface area contributed by atoms with Crippen LogP contribution in [-0.2, 0) is 0 Å². The van der Waals surface area contributed by atoms with E-state index < -0.39 is 0 Å². The second-order valence-corrected chi connectivity index (χ2v) is 6.30. The van der Waals surface area contributed by atoms with Crippen molar-refractivity contribution in [1.29, 1.82) is 0 Å². The maximum atomic E-state index is 3.39. The summed E-state index contributed by atoms with van der Waals surface area (Å²) >= 11 is 0. The van der Waals surface area contributed by atoms with Crippen molar-refractivity contribution in [3.8, 4) is 11.1 Å². The molecule has 3 heteroatoms. The van der Waals surface area contributed by atoms with E-state index >= 15 is 0 Å². The number of rotatable bonds is 7. The van der Waals surface area contributed by atoms with E-state index in [4.69, 9.17) is 0 Å². The molecule has 3 rings (SSSR count). The summed E-state index contributed by atoms with van der Waals surface area (Å²) in [5.41, 5.74) is 8.55. The molecule has 2 aromatic carbocycles. The van der Waals surface area contributed by atoms with Crippen LogP contribution in [0.3, 0.4) is 0 Å². The first-order valence-corrected chi connectivity index (χ1v) is 9.00. The van der Waals surface area contributed by atoms with Crippen LogP contribution in [-0.4, -0.2) is 25.1 Å². The minimum atomic E-state index is 0.324. The number of hydrogen-bond donors (Lipinski definition) is 2. The molecule has 0 spiro atoms. The van der Waals surface area contributed by atoms with Crippen molar-refractivity contribution in [3.63, 3.8) is 0 Å². The summed E-state index contributed by atoms with van der Waals surface area (Å²) in [6.07, 6.45) is 7.52. The van der Waals surface area contributed by atoms with E-state index in [-0.39, 0.29) is 0 Å². The van der Waals surface area contributed by atoms with Crippen molar-refractivity contribution in [2.24, 2.45) is 0 Å². The van der Waals surface area contributed by atoms with Crippen molar-refractivity contribution in [2.45, 2.75) is 19.4 Å². The summed E-state index contributed by atoms with van der Waals surface area (Å²) in [4.78, 5) is 0. The van der Waals surface area contributed by atoms with Gasteiger partial charge in [0, 0.05) is 25.3 Å². The molecule has 3 nitrogen and oxygen atoms in total. The first-order valence-electron chi connectivity index (χ1n) is 9.00. The van der Waals surface area contributed by atoms with Crippen LogP contribution in [0.4, 0.5) is 0 Å². The second-order valence-electron chi connectivity index (χ2n) is 6.30. The minimum absolute atomic E-state index is 0.324. The van der Waals surface area contributed by atoms with Crippen molar-refractivity contribution in [3.05, 3.63) is 84.1 Å². The maximum absolute atomic E-state index is 3.39. The Morgan fingerprint density at radius 3 is 2.56 bits per heavy atom. The van der Waals surface area contributed by atoms with Gasteiger partial charge in [-0.15, -0.1) is 0 Å². The summed E-state index contributed by atoms with van der Waals surface area (Å²) in [6, 6.07) is 19.8. The molecule has 0 fully saturated rings. The quantitative estimate of drug-likeness (QED) is 0.741. The van der Waals surface area contributed by atoms with Gasteiger partial charge in [-0.05, 0) is 41.8 Å². The molecule has 2 N–H and O–H groups in total. The molecule has 1 heterocycles. The Bertz CT molecular complexity index is 734. The van der Waals surface area contributed by atoms with Crippen molar-refractivity contribution in [1.82, 2.24) is 15.8 Å². The van der Waals surface area contributed by atoms with Gasteiger partial charge in [-0.3, -0.25) is 5.43 Å². The first kappa shape index (κ1) is 17.5. The number of nitrogens with one attached hydrogen (secondary N) is 2. The fraction of sp³-hybridized carbons (Fsp3) is 0.273. The highest BCUT2D eigenvalue weighted by molar-refractivity contribution is 5.64. The van der Waals surface area contributed by atoms with E-state index in [9.17, 15) is 0 Å². The third kappa shape index (κ3) is 4.38. The molecular formula is C22H27N3. The van der Waals surface area contributed by atoms with E-state index in [0.29, 0.717) is 6.04 Å². The van der Waals surface area contributed by atoms with Gasteiger partial charge in [-0.25, -0.2) is 5.01 Å². The Morgan fingerprint density at radius 1 is 1.08 bits per heavy atom. The molecule has 1 aliphatic heterocycles. The highest BCUT2D eigenvalue weighted by atomic mass is 15.5. The van der Waals surface area contributed by atoms with Gasteiger partial charge in [0.2, 0.25) is 0 Å². The molecule has 1 atom stereocenters. The fourth-order valence-electron chi connectivity index (χ4n) is 3.35. The standard InChI is InChI=1S/C22H27N3/c1-3-22(25(23-2)17-18-9-8-14-24-16-18)21-13-7-12-20(15-21)19-10-5-4-6-11-19/h4-13,15-16,22-24H,3,14,17H2,1-2H3. The third-order valence-corrected chi connectivity index (χ3v) is 4.64. The van der Waals surface area contributed by atoms with Crippen molar-refractivity contribution in [2.75, 3.05) is 20.1 Å². The van der Waals surface area contributed by atoms with Crippen LogP contribution >= 0.6 is 0 Å². The molecule has 2 aromatic rings. The first-order chi connectivity index (χ1) is 12.3. The maximum Gasteiger partial charge on any atom is 0.0494 e. The van der Waals surface area contributed by atoms with Gasteiger partial charge in [0.05, 0.1) is 0 Å². The smallest absolute Gasteiger partial charge is 0.0494 e. The lowest BCUT2D eigenvalue weighted by molar-refractivity contribution is 0.150. The van der Waals surface area contributed by atoms with Crippen LogP contribution < -0.4 is 10.7 Å². The topological polar surface area (TPSA) is 27.3 Å². The van der Waals surface area contributed by atoms with Crippen molar-refractivity contribution < 1.29 is 0 Å². The molecule has 0 bridgehead atoms. The van der Waals surface area contributed by atoms with Crippen molar-refractivity contribution >= 4 is 0 Å². The molecule has 0 saturated heterocycles. The molecule has 0 aliphatic carbocycles. The molecule has 0 aromatic heterocycles. The Morgan fingerprint density at radius 2 is 1.88 bits per heavy atom. The lowest BCUT2D eigenvalue weighted by Crippen LogP contribution is -2.40.